The van der Waals surface area contributed by atoms with Crippen LogP contribution in [-0.2, 0) is 0 Å². The first-order chi connectivity index (χ1) is 13.2. The maximum absolute atomic E-state index is 13.2. The predicted octanol–water partition coefficient (Wildman–Crippen LogP) is 3.27. The molecule has 8 heteroatoms. The minimum absolute atomic E-state index is 0.302. The molecule has 1 unspecified atom stereocenters. The van der Waals surface area contributed by atoms with Gasteiger partial charge >= 0.3 is 0 Å². The number of benzene rings is 1. The molecule has 0 spiro atoms. The van der Waals surface area contributed by atoms with E-state index in [0.29, 0.717) is 40.7 Å². The highest BCUT2D eigenvalue weighted by atomic mass is 19.1. The molecule has 0 aliphatic rings. The highest BCUT2D eigenvalue weighted by Crippen LogP contribution is 2.27. The summed E-state index contributed by atoms with van der Waals surface area (Å²) in [6.45, 7) is 2.27. The van der Waals surface area contributed by atoms with Crippen LogP contribution in [0.5, 0.6) is 5.88 Å². The molecule has 1 aromatic carbocycles. The number of rotatable bonds is 5. The van der Waals surface area contributed by atoms with Crippen molar-refractivity contribution < 1.29 is 13.5 Å². The summed E-state index contributed by atoms with van der Waals surface area (Å²) in [6, 6.07) is 9.08. The van der Waals surface area contributed by atoms with E-state index in [4.69, 9.17) is 14.9 Å². The second-order valence-corrected chi connectivity index (χ2v) is 5.78. The lowest BCUT2D eigenvalue weighted by Crippen LogP contribution is -2.17. The maximum Gasteiger partial charge on any atom is 0.244 e. The topological polar surface area (TPSA) is 100.0 Å². The summed E-state index contributed by atoms with van der Waals surface area (Å²) in [7, 11) is 0. The summed E-state index contributed by atoms with van der Waals surface area (Å²) in [5.74, 6) is 0.390. The molecule has 0 aliphatic carbocycles. The first kappa shape index (κ1) is 17.0. The molecule has 1 atom stereocenters. The second kappa shape index (κ2) is 7.08. The summed E-state index contributed by atoms with van der Waals surface area (Å²) in [5.41, 5.74) is 9.26. The molecular weight excluding hydrogens is 349 g/mol. The predicted molar refractivity (Wildman–Crippen MR) is 96.4 cm³/mol. The fourth-order valence-corrected chi connectivity index (χ4v) is 2.67. The SMILES string of the molecule is CCOc1nc(C(N)c2cocn2)nc2ccc(-c3ccc(F)cc3)nc12. The van der Waals surface area contributed by atoms with Crippen molar-refractivity contribution >= 4 is 11.0 Å². The number of ether oxygens (including phenoxy) is 1. The number of oxazole rings is 1. The normalized spacial score (nSPS) is 12.3. The fraction of sp³-hybridized carbons (Fsp3) is 0.158. The number of hydrogen-bond acceptors (Lipinski definition) is 7. The van der Waals surface area contributed by atoms with Crippen molar-refractivity contribution in [1.82, 2.24) is 19.9 Å². The van der Waals surface area contributed by atoms with Crippen LogP contribution < -0.4 is 10.5 Å². The van der Waals surface area contributed by atoms with E-state index in [1.807, 2.05) is 19.1 Å². The molecule has 0 saturated carbocycles. The van der Waals surface area contributed by atoms with Crippen molar-refractivity contribution in [3.05, 3.63) is 66.4 Å². The van der Waals surface area contributed by atoms with Gasteiger partial charge in [-0.1, -0.05) is 0 Å². The van der Waals surface area contributed by atoms with Crippen LogP contribution in [0, 0.1) is 5.82 Å². The van der Waals surface area contributed by atoms with E-state index in [1.165, 1.54) is 24.8 Å². The van der Waals surface area contributed by atoms with Crippen molar-refractivity contribution in [3.8, 4) is 17.1 Å². The molecule has 3 aromatic heterocycles. The lowest BCUT2D eigenvalue weighted by molar-refractivity contribution is 0.328. The van der Waals surface area contributed by atoms with Crippen LogP contribution in [-0.4, -0.2) is 26.5 Å². The van der Waals surface area contributed by atoms with Crippen LogP contribution in [0.25, 0.3) is 22.3 Å². The zero-order valence-electron chi connectivity index (χ0n) is 14.5. The van der Waals surface area contributed by atoms with Crippen molar-refractivity contribution in [2.75, 3.05) is 6.61 Å². The minimum Gasteiger partial charge on any atom is -0.476 e. The molecule has 4 rings (SSSR count). The first-order valence-corrected chi connectivity index (χ1v) is 8.37. The standard InChI is InChI=1S/C19H16FN5O2/c1-2-27-19-17-14(24-18(25-19)16(21)15-9-26-10-22-15)8-7-13(23-17)11-3-5-12(20)6-4-11/h3-10,16H,2,21H2,1H3. The summed E-state index contributed by atoms with van der Waals surface area (Å²) in [4.78, 5) is 17.6. The number of fused-ring (bicyclic) bond motifs is 1. The summed E-state index contributed by atoms with van der Waals surface area (Å²) in [5, 5.41) is 0. The van der Waals surface area contributed by atoms with Crippen LogP contribution in [0.1, 0.15) is 24.5 Å². The third kappa shape index (κ3) is 3.34. The monoisotopic (exact) mass is 365 g/mol. The van der Waals surface area contributed by atoms with Gasteiger partial charge in [-0.2, -0.15) is 4.98 Å². The van der Waals surface area contributed by atoms with E-state index in [2.05, 4.69) is 19.9 Å². The largest absolute Gasteiger partial charge is 0.476 e. The lowest BCUT2D eigenvalue weighted by Gasteiger charge is -2.12. The molecule has 4 aromatic rings. The Bertz CT molecular complexity index is 1070. The highest BCUT2D eigenvalue weighted by molar-refractivity contribution is 5.82. The van der Waals surface area contributed by atoms with Crippen LogP contribution >= 0.6 is 0 Å². The van der Waals surface area contributed by atoms with Gasteiger partial charge in [0.2, 0.25) is 5.88 Å². The number of nitrogens with two attached hydrogens (primary N) is 1. The van der Waals surface area contributed by atoms with Crippen LogP contribution in [0.2, 0.25) is 0 Å². The fourth-order valence-electron chi connectivity index (χ4n) is 2.67. The first-order valence-electron chi connectivity index (χ1n) is 8.37. The number of nitrogens with zero attached hydrogens (tertiary/aromatic N) is 4. The Balaban J connectivity index is 1.82. The Morgan fingerprint density at radius 2 is 1.93 bits per heavy atom. The smallest absolute Gasteiger partial charge is 0.244 e. The molecule has 0 aliphatic heterocycles. The van der Waals surface area contributed by atoms with Gasteiger partial charge in [-0.05, 0) is 43.3 Å². The van der Waals surface area contributed by atoms with Gasteiger partial charge in [0.25, 0.3) is 0 Å². The number of hydrogen-bond donors (Lipinski definition) is 1. The Morgan fingerprint density at radius 3 is 2.63 bits per heavy atom. The lowest BCUT2D eigenvalue weighted by atomic mass is 10.1. The number of pyridine rings is 1. The third-order valence-corrected chi connectivity index (χ3v) is 4.00. The number of halogens is 1. The van der Waals surface area contributed by atoms with Crippen molar-refractivity contribution in [1.29, 1.82) is 0 Å². The van der Waals surface area contributed by atoms with E-state index in [9.17, 15) is 4.39 Å². The van der Waals surface area contributed by atoms with E-state index in [-0.39, 0.29) is 5.82 Å². The molecule has 0 amide bonds. The molecule has 3 heterocycles. The average molecular weight is 365 g/mol. The van der Waals surface area contributed by atoms with Gasteiger partial charge < -0.3 is 14.9 Å². The number of aromatic nitrogens is 4. The average Bonchev–Trinajstić information content (AvgIpc) is 3.22. The molecule has 7 nitrogen and oxygen atoms in total. The van der Waals surface area contributed by atoms with Crippen LogP contribution in [0.3, 0.4) is 0 Å². The third-order valence-electron chi connectivity index (χ3n) is 4.00. The van der Waals surface area contributed by atoms with E-state index < -0.39 is 6.04 Å². The molecule has 2 N–H and O–H groups in total. The highest BCUT2D eigenvalue weighted by Gasteiger charge is 2.19. The zero-order valence-corrected chi connectivity index (χ0v) is 14.5. The van der Waals surface area contributed by atoms with Crippen LogP contribution in [0.15, 0.2) is 53.5 Å². The van der Waals surface area contributed by atoms with Gasteiger partial charge in [0.15, 0.2) is 17.7 Å². The van der Waals surface area contributed by atoms with Crippen molar-refractivity contribution in [2.24, 2.45) is 5.73 Å². The summed E-state index contributed by atoms with van der Waals surface area (Å²) in [6.07, 6.45) is 2.75. The van der Waals surface area contributed by atoms with E-state index in [0.717, 1.165) is 5.56 Å². The Hall–Kier alpha value is -3.39. The Morgan fingerprint density at radius 1 is 1.11 bits per heavy atom. The molecule has 0 radical (unpaired) electrons. The molecule has 0 saturated heterocycles. The zero-order chi connectivity index (χ0) is 18.8. The molecule has 136 valence electrons. The van der Waals surface area contributed by atoms with Crippen molar-refractivity contribution in [2.45, 2.75) is 13.0 Å². The van der Waals surface area contributed by atoms with Gasteiger partial charge in [0.1, 0.15) is 23.8 Å². The molecule has 0 fully saturated rings. The minimum atomic E-state index is -0.649. The van der Waals surface area contributed by atoms with Gasteiger partial charge in [-0.25, -0.2) is 19.3 Å². The second-order valence-electron chi connectivity index (χ2n) is 5.78. The van der Waals surface area contributed by atoms with E-state index in [1.54, 1.807) is 12.1 Å². The van der Waals surface area contributed by atoms with Gasteiger partial charge in [-0.3, -0.25) is 0 Å². The van der Waals surface area contributed by atoms with Gasteiger partial charge in [-0.15, -0.1) is 0 Å². The van der Waals surface area contributed by atoms with Gasteiger partial charge in [0, 0.05) is 5.56 Å². The van der Waals surface area contributed by atoms with Gasteiger partial charge in [0.05, 0.1) is 17.8 Å². The molecular formula is C19H16FN5O2. The molecule has 0 bridgehead atoms. The van der Waals surface area contributed by atoms with E-state index >= 15 is 0 Å². The summed E-state index contributed by atoms with van der Waals surface area (Å²) < 4.78 is 23.8. The quantitative estimate of drug-likeness (QED) is 0.579. The van der Waals surface area contributed by atoms with Crippen LogP contribution in [0.4, 0.5) is 4.39 Å². The maximum atomic E-state index is 13.2. The molecule has 27 heavy (non-hydrogen) atoms. The summed E-state index contributed by atoms with van der Waals surface area (Å²) >= 11 is 0. The Kier molecular flexibility index (Phi) is 4.47. The Labute approximate surface area is 154 Å². The van der Waals surface area contributed by atoms with Crippen molar-refractivity contribution in [3.63, 3.8) is 0 Å².